The van der Waals surface area contributed by atoms with E-state index in [0.29, 0.717) is 0 Å². The van der Waals surface area contributed by atoms with Gasteiger partial charge in [0.05, 0.1) is 18.6 Å². The summed E-state index contributed by atoms with van der Waals surface area (Å²) in [5.74, 6) is 0. The van der Waals surface area contributed by atoms with E-state index < -0.39 is 0 Å². The Balaban J connectivity index is 2.31. The Morgan fingerprint density at radius 1 is 1.33 bits per heavy atom. The zero-order valence-electron chi connectivity index (χ0n) is 6.28. The van der Waals surface area contributed by atoms with Gasteiger partial charge in [-0.2, -0.15) is 10.2 Å². The molecule has 0 aliphatic carbocycles. The van der Waals surface area contributed by atoms with Gasteiger partial charge >= 0.3 is 0 Å². The van der Waals surface area contributed by atoms with E-state index in [1.54, 1.807) is 18.6 Å². The first-order valence-electron chi connectivity index (χ1n) is 3.54. The van der Waals surface area contributed by atoms with Crippen LogP contribution in [0.2, 0.25) is 0 Å². The lowest BCUT2D eigenvalue weighted by molar-refractivity contribution is 0.750. The van der Waals surface area contributed by atoms with Crippen LogP contribution in [0.5, 0.6) is 0 Å². The molecule has 59 valence electrons. The maximum Gasteiger partial charge on any atom is 0.0874 e. The highest BCUT2D eigenvalue weighted by Crippen LogP contribution is 2.12. The van der Waals surface area contributed by atoms with Crippen LogP contribution in [0.1, 0.15) is 5.56 Å². The van der Waals surface area contributed by atoms with Crippen molar-refractivity contribution in [3.05, 3.63) is 42.5 Å². The quantitative estimate of drug-likeness (QED) is 0.616. The Morgan fingerprint density at radius 3 is 3.00 bits per heavy atom. The lowest BCUT2D eigenvalue weighted by Crippen LogP contribution is -2.23. The van der Waals surface area contributed by atoms with E-state index in [9.17, 15) is 0 Å². The summed E-state index contributed by atoms with van der Waals surface area (Å²) in [5, 5.41) is 7.46. The van der Waals surface area contributed by atoms with E-state index in [0.717, 1.165) is 11.1 Å². The number of hydrogen-bond donors (Lipinski definition) is 2. The number of hydrazine groups is 1. The zero-order valence-corrected chi connectivity index (χ0v) is 6.28. The summed E-state index contributed by atoms with van der Waals surface area (Å²) in [6, 6.07) is 1.88. The maximum atomic E-state index is 3.77. The molecule has 0 bridgehead atoms. The minimum atomic E-state index is 0.962. The molecule has 2 N–H and O–H groups in total. The minimum absolute atomic E-state index is 0.962. The topological polar surface area (TPSA) is 49.8 Å². The predicted octanol–water partition coefficient (Wildman–Crippen LogP) is 0.242. The van der Waals surface area contributed by atoms with Crippen molar-refractivity contribution in [1.29, 1.82) is 0 Å². The Bertz CT molecular complexity index is 315. The molecule has 0 atom stereocenters. The normalized spacial score (nSPS) is 14.5. The first-order chi connectivity index (χ1) is 5.97. The summed E-state index contributed by atoms with van der Waals surface area (Å²) in [6.07, 6.45) is 9.99. The fourth-order valence-electron chi connectivity index (χ4n) is 0.930. The van der Waals surface area contributed by atoms with Gasteiger partial charge in [-0.05, 0) is 12.1 Å². The zero-order chi connectivity index (χ0) is 8.23. The molecule has 4 heteroatoms. The third kappa shape index (κ3) is 1.27. The van der Waals surface area contributed by atoms with Crippen molar-refractivity contribution in [3.63, 3.8) is 0 Å². The number of nitrogens with one attached hydrogen (secondary N) is 2. The van der Waals surface area contributed by atoms with Gasteiger partial charge in [0.1, 0.15) is 0 Å². The molecule has 1 aliphatic rings. The molecule has 0 spiro atoms. The Hall–Kier alpha value is -1.84. The molecule has 4 nitrogen and oxygen atoms in total. The van der Waals surface area contributed by atoms with Gasteiger partial charge in [-0.1, -0.05) is 0 Å². The molecule has 0 fully saturated rings. The highest BCUT2D eigenvalue weighted by Gasteiger charge is 1.99. The molecule has 0 amide bonds. The van der Waals surface area contributed by atoms with Gasteiger partial charge in [0.15, 0.2) is 0 Å². The van der Waals surface area contributed by atoms with E-state index in [1.165, 1.54) is 0 Å². The number of nitrogens with zero attached hydrogens (tertiary/aromatic N) is 2. The molecule has 2 rings (SSSR count). The molecule has 0 unspecified atom stereocenters. The van der Waals surface area contributed by atoms with Gasteiger partial charge in [0, 0.05) is 17.3 Å². The molecule has 0 saturated heterocycles. The lowest BCUT2D eigenvalue weighted by Gasteiger charge is -2.07. The summed E-state index contributed by atoms with van der Waals surface area (Å²) in [4.78, 5) is 0. The number of rotatable bonds is 1. The van der Waals surface area contributed by atoms with Gasteiger partial charge in [-0.25, -0.2) is 0 Å². The Labute approximate surface area is 70.0 Å². The third-order valence-corrected chi connectivity index (χ3v) is 1.50. The molecule has 2 heterocycles. The molecular formula is C8H7N4. The average molecular weight is 159 g/mol. The van der Waals surface area contributed by atoms with Crippen LogP contribution in [0.4, 0.5) is 0 Å². The van der Waals surface area contributed by atoms with Crippen LogP contribution >= 0.6 is 0 Å². The van der Waals surface area contributed by atoms with Crippen molar-refractivity contribution in [2.45, 2.75) is 0 Å². The molecular weight excluding hydrogens is 152 g/mol. The fraction of sp³-hybridized carbons (Fsp3) is 0. The SMILES string of the molecule is [C]1=C(c2ccnnc2)C=CNN1. The molecule has 0 aromatic carbocycles. The first kappa shape index (κ1) is 6.84. The second-order valence-corrected chi connectivity index (χ2v) is 2.27. The van der Waals surface area contributed by atoms with Crippen LogP contribution in [0, 0.1) is 6.20 Å². The van der Waals surface area contributed by atoms with Gasteiger partial charge in [0.2, 0.25) is 0 Å². The summed E-state index contributed by atoms with van der Waals surface area (Å²) in [5.41, 5.74) is 7.50. The van der Waals surface area contributed by atoms with Gasteiger partial charge in [0.25, 0.3) is 0 Å². The minimum Gasteiger partial charge on any atom is -0.308 e. The van der Waals surface area contributed by atoms with E-state index >= 15 is 0 Å². The predicted molar refractivity (Wildman–Crippen MR) is 44.1 cm³/mol. The van der Waals surface area contributed by atoms with Crippen molar-refractivity contribution >= 4 is 5.57 Å². The standard InChI is InChI=1S/C8H7N4/c1-3-9-11-5-7(1)8-2-4-10-12-6-8/h1-5,10,12H. The van der Waals surface area contributed by atoms with E-state index in [2.05, 4.69) is 27.2 Å². The van der Waals surface area contributed by atoms with Crippen molar-refractivity contribution in [2.24, 2.45) is 0 Å². The Kier molecular flexibility index (Phi) is 1.74. The lowest BCUT2D eigenvalue weighted by atomic mass is 10.1. The van der Waals surface area contributed by atoms with Crippen LogP contribution in [0.15, 0.2) is 30.7 Å². The molecule has 0 saturated carbocycles. The number of aromatic nitrogens is 2. The molecule has 1 aromatic heterocycles. The monoisotopic (exact) mass is 159 g/mol. The van der Waals surface area contributed by atoms with Gasteiger partial charge in [-0.3, -0.25) is 5.43 Å². The Morgan fingerprint density at radius 2 is 2.33 bits per heavy atom. The fourth-order valence-corrected chi connectivity index (χ4v) is 0.930. The smallest absolute Gasteiger partial charge is 0.0874 e. The molecule has 12 heavy (non-hydrogen) atoms. The summed E-state index contributed by atoms with van der Waals surface area (Å²) >= 11 is 0. The summed E-state index contributed by atoms with van der Waals surface area (Å²) in [7, 11) is 0. The second kappa shape index (κ2) is 3.04. The van der Waals surface area contributed by atoms with Crippen molar-refractivity contribution in [1.82, 2.24) is 21.0 Å². The van der Waals surface area contributed by atoms with Crippen LogP contribution in [0.25, 0.3) is 5.57 Å². The molecule has 1 aliphatic heterocycles. The number of allylic oxidation sites excluding steroid dienone is 2. The van der Waals surface area contributed by atoms with Gasteiger partial charge in [-0.15, -0.1) is 0 Å². The molecule has 1 radical (unpaired) electrons. The van der Waals surface area contributed by atoms with Crippen LogP contribution in [-0.2, 0) is 0 Å². The van der Waals surface area contributed by atoms with Gasteiger partial charge < -0.3 is 5.43 Å². The van der Waals surface area contributed by atoms with Crippen LogP contribution in [0.3, 0.4) is 0 Å². The summed E-state index contributed by atoms with van der Waals surface area (Å²) < 4.78 is 0. The van der Waals surface area contributed by atoms with Crippen LogP contribution < -0.4 is 10.9 Å². The van der Waals surface area contributed by atoms with Crippen molar-refractivity contribution < 1.29 is 0 Å². The van der Waals surface area contributed by atoms with Crippen LogP contribution in [-0.4, -0.2) is 10.2 Å². The average Bonchev–Trinajstić information content (AvgIpc) is 2.21. The highest BCUT2D eigenvalue weighted by molar-refractivity contribution is 5.71. The molecule has 1 aromatic rings. The van der Waals surface area contributed by atoms with E-state index in [-0.39, 0.29) is 0 Å². The summed E-state index contributed by atoms with van der Waals surface area (Å²) in [6.45, 7) is 0. The highest BCUT2D eigenvalue weighted by atomic mass is 15.3. The van der Waals surface area contributed by atoms with Crippen molar-refractivity contribution in [3.8, 4) is 0 Å². The largest absolute Gasteiger partial charge is 0.308 e. The second-order valence-electron chi connectivity index (χ2n) is 2.27. The maximum absolute atomic E-state index is 3.77. The number of hydrogen-bond acceptors (Lipinski definition) is 4. The third-order valence-electron chi connectivity index (χ3n) is 1.50. The first-order valence-corrected chi connectivity index (χ1v) is 3.54. The van der Waals surface area contributed by atoms with E-state index in [4.69, 9.17) is 0 Å². The van der Waals surface area contributed by atoms with E-state index in [1.807, 2.05) is 12.1 Å². The van der Waals surface area contributed by atoms with Crippen molar-refractivity contribution in [2.75, 3.05) is 0 Å².